The van der Waals surface area contributed by atoms with Crippen LogP contribution < -0.4 is 5.32 Å². The van der Waals surface area contributed by atoms with Gasteiger partial charge in [-0.1, -0.05) is 0 Å². The number of hydrogen-bond donors (Lipinski definition) is 2. The molecule has 0 spiro atoms. The quantitative estimate of drug-likeness (QED) is 0.692. The molecule has 0 bridgehead atoms. The highest BCUT2D eigenvalue weighted by Gasteiger charge is 2.25. The summed E-state index contributed by atoms with van der Waals surface area (Å²) in [6, 6.07) is 0.556. The molecule has 1 aliphatic heterocycles. The molecular weight excluding hydrogens is 248 g/mol. The van der Waals surface area contributed by atoms with Gasteiger partial charge in [0.15, 0.2) is 0 Å². The number of piperidine rings is 1. The molecule has 1 heterocycles. The number of ether oxygens (including phenoxy) is 1. The predicted octanol–water partition coefficient (Wildman–Crippen LogP) is 0.221. The maximum absolute atomic E-state index is 11.9. The number of rotatable bonds is 7. The van der Waals surface area contributed by atoms with Crippen molar-refractivity contribution in [2.45, 2.75) is 44.2 Å². The van der Waals surface area contributed by atoms with E-state index in [2.05, 4.69) is 5.32 Å². The third-order valence-electron chi connectivity index (χ3n) is 3.58. The van der Waals surface area contributed by atoms with E-state index in [-0.39, 0.29) is 25.0 Å². The lowest BCUT2D eigenvalue weighted by Gasteiger charge is -2.32. The predicted molar refractivity (Wildman–Crippen MR) is 68.8 cm³/mol. The van der Waals surface area contributed by atoms with E-state index in [1.165, 1.54) is 12.8 Å². The molecule has 2 rings (SSSR count). The lowest BCUT2D eigenvalue weighted by atomic mass is 10.1. The highest BCUT2D eigenvalue weighted by atomic mass is 16.5. The fourth-order valence-corrected chi connectivity index (χ4v) is 2.22. The third-order valence-corrected chi connectivity index (χ3v) is 3.58. The maximum atomic E-state index is 11.9. The summed E-state index contributed by atoms with van der Waals surface area (Å²) in [6.07, 6.45) is 4.12. The lowest BCUT2D eigenvalue weighted by molar-refractivity contribution is -0.139. The average Bonchev–Trinajstić information content (AvgIpc) is 3.20. The number of nitrogens with zero attached hydrogens (tertiary/aromatic N) is 1. The number of aliphatic carboxylic acids is 1. The van der Waals surface area contributed by atoms with Crippen LogP contribution in [-0.2, 0) is 14.3 Å². The first kappa shape index (κ1) is 14.3. The van der Waals surface area contributed by atoms with E-state index in [1.807, 2.05) is 4.90 Å². The van der Waals surface area contributed by atoms with Crippen molar-refractivity contribution in [1.82, 2.24) is 10.2 Å². The highest BCUT2D eigenvalue weighted by molar-refractivity contribution is 5.78. The molecule has 2 aliphatic rings. The number of carbonyl (C=O) groups is 2. The largest absolute Gasteiger partial charge is 0.481 e. The fraction of sp³-hybridized carbons (Fsp3) is 0.846. The van der Waals surface area contributed by atoms with Crippen LogP contribution in [0.5, 0.6) is 0 Å². The molecule has 0 aromatic carbocycles. The number of hydrogen-bond acceptors (Lipinski definition) is 4. The molecule has 1 saturated heterocycles. The molecule has 0 atom stereocenters. The van der Waals surface area contributed by atoms with Crippen LogP contribution in [0.25, 0.3) is 0 Å². The molecule has 6 heteroatoms. The van der Waals surface area contributed by atoms with Gasteiger partial charge < -0.3 is 20.1 Å². The van der Waals surface area contributed by atoms with Gasteiger partial charge >= 0.3 is 5.97 Å². The summed E-state index contributed by atoms with van der Waals surface area (Å²) in [5.74, 6) is -0.672. The monoisotopic (exact) mass is 270 g/mol. The molecule has 2 fully saturated rings. The maximum Gasteiger partial charge on any atom is 0.305 e. The topological polar surface area (TPSA) is 78.9 Å². The number of carbonyl (C=O) groups excluding carboxylic acids is 1. The van der Waals surface area contributed by atoms with E-state index in [1.54, 1.807) is 0 Å². The van der Waals surface area contributed by atoms with Gasteiger partial charge in [-0.2, -0.15) is 0 Å². The minimum atomic E-state index is -0.834. The molecule has 1 aliphatic carbocycles. The molecule has 2 N–H and O–H groups in total. The summed E-state index contributed by atoms with van der Waals surface area (Å²) >= 11 is 0. The van der Waals surface area contributed by atoms with Crippen LogP contribution >= 0.6 is 0 Å². The van der Waals surface area contributed by atoms with Gasteiger partial charge in [-0.25, -0.2) is 0 Å². The van der Waals surface area contributed by atoms with E-state index < -0.39 is 5.97 Å². The van der Waals surface area contributed by atoms with Crippen LogP contribution in [0, 0.1) is 0 Å². The van der Waals surface area contributed by atoms with Gasteiger partial charge in [0, 0.05) is 19.1 Å². The molecule has 0 radical (unpaired) electrons. The van der Waals surface area contributed by atoms with E-state index in [0.717, 1.165) is 12.8 Å². The van der Waals surface area contributed by atoms with Crippen molar-refractivity contribution >= 4 is 11.9 Å². The van der Waals surface area contributed by atoms with Crippen LogP contribution in [0.3, 0.4) is 0 Å². The van der Waals surface area contributed by atoms with Crippen molar-refractivity contribution in [2.75, 3.05) is 26.2 Å². The molecular formula is C13H22N2O4. The zero-order valence-electron chi connectivity index (χ0n) is 11.1. The number of carboxylic acid groups (broad SMARTS) is 1. The fourth-order valence-electron chi connectivity index (χ4n) is 2.22. The summed E-state index contributed by atoms with van der Waals surface area (Å²) in [5, 5.41) is 11.8. The van der Waals surface area contributed by atoms with Crippen LogP contribution in [0.4, 0.5) is 0 Å². The van der Waals surface area contributed by atoms with Crippen molar-refractivity contribution in [3.63, 3.8) is 0 Å². The summed E-state index contributed by atoms with van der Waals surface area (Å²) in [6.45, 7) is 2.12. The van der Waals surface area contributed by atoms with E-state index in [4.69, 9.17) is 9.84 Å². The van der Waals surface area contributed by atoms with Gasteiger partial charge in [0.2, 0.25) is 5.91 Å². The molecule has 0 aromatic rings. The Morgan fingerprint density at radius 1 is 1.21 bits per heavy atom. The molecule has 108 valence electrons. The molecule has 1 amide bonds. The summed E-state index contributed by atoms with van der Waals surface area (Å²) in [5.41, 5.74) is 0. The molecule has 0 unspecified atom stereocenters. The van der Waals surface area contributed by atoms with Gasteiger partial charge in [0.05, 0.1) is 25.7 Å². The number of nitrogens with one attached hydrogen (secondary N) is 1. The summed E-state index contributed by atoms with van der Waals surface area (Å²) in [7, 11) is 0. The Hall–Kier alpha value is -1.14. The average molecular weight is 270 g/mol. The number of likely N-dealkylation sites (tertiary alicyclic amines) is 1. The van der Waals surface area contributed by atoms with Crippen molar-refractivity contribution in [2.24, 2.45) is 0 Å². The van der Waals surface area contributed by atoms with Crippen molar-refractivity contribution in [3.8, 4) is 0 Å². The van der Waals surface area contributed by atoms with Crippen molar-refractivity contribution in [3.05, 3.63) is 0 Å². The lowest BCUT2D eigenvalue weighted by Crippen LogP contribution is -2.45. The normalized spacial score (nSPS) is 20.5. The first-order valence-electron chi connectivity index (χ1n) is 6.99. The Bertz CT molecular complexity index is 323. The number of carboxylic acids is 1. The first-order chi connectivity index (χ1) is 9.15. The van der Waals surface area contributed by atoms with Crippen LogP contribution in [0.2, 0.25) is 0 Å². The smallest absolute Gasteiger partial charge is 0.305 e. The second-order valence-corrected chi connectivity index (χ2v) is 5.25. The SMILES string of the molecule is O=C(O)CCOC1CCN(C(=O)CNC2CC2)CC1. The third kappa shape index (κ3) is 5.16. The van der Waals surface area contributed by atoms with Crippen LogP contribution in [-0.4, -0.2) is 60.3 Å². The second-order valence-electron chi connectivity index (χ2n) is 5.25. The zero-order valence-corrected chi connectivity index (χ0v) is 11.1. The molecule has 0 aromatic heterocycles. The summed E-state index contributed by atoms with van der Waals surface area (Å²) < 4.78 is 5.50. The van der Waals surface area contributed by atoms with E-state index >= 15 is 0 Å². The van der Waals surface area contributed by atoms with E-state index in [9.17, 15) is 9.59 Å². The summed E-state index contributed by atoms with van der Waals surface area (Å²) in [4.78, 5) is 24.1. The van der Waals surface area contributed by atoms with Gasteiger partial charge in [0.1, 0.15) is 0 Å². The van der Waals surface area contributed by atoms with Crippen molar-refractivity contribution < 1.29 is 19.4 Å². The van der Waals surface area contributed by atoms with Crippen molar-refractivity contribution in [1.29, 1.82) is 0 Å². The number of amides is 1. The van der Waals surface area contributed by atoms with Gasteiger partial charge in [-0.05, 0) is 25.7 Å². The minimum absolute atomic E-state index is 0.0461. The molecule has 19 heavy (non-hydrogen) atoms. The Kier molecular flexibility index (Phi) is 5.15. The minimum Gasteiger partial charge on any atom is -0.481 e. The van der Waals surface area contributed by atoms with Gasteiger partial charge in [0.25, 0.3) is 0 Å². The second kappa shape index (κ2) is 6.86. The Labute approximate surface area is 113 Å². The molecule has 1 saturated carbocycles. The van der Waals surface area contributed by atoms with Crippen LogP contribution in [0.1, 0.15) is 32.1 Å². The van der Waals surface area contributed by atoms with Crippen LogP contribution in [0.15, 0.2) is 0 Å². The zero-order chi connectivity index (χ0) is 13.7. The Balaban J connectivity index is 1.58. The Morgan fingerprint density at radius 3 is 2.47 bits per heavy atom. The highest BCUT2D eigenvalue weighted by Crippen LogP contribution is 2.18. The first-order valence-corrected chi connectivity index (χ1v) is 6.99. The van der Waals surface area contributed by atoms with E-state index in [0.29, 0.717) is 25.7 Å². The van der Waals surface area contributed by atoms with Gasteiger partial charge in [-0.3, -0.25) is 9.59 Å². The standard InChI is InChI=1S/C13H22N2O4/c16-12(9-14-10-1-2-10)15-6-3-11(4-7-15)19-8-5-13(17)18/h10-11,14H,1-9H2,(H,17,18). The molecule has 6 nitrogen and oxygen atoms in total. The Morgan fingerprint density at radius 2 is 1.89 bits per heavy atom. The van der Waals surface area contributed by atoms with Gasteiger partial charge in [-0.15, -0.1) is 0 Å².